The number of amides is 1. The molecule has 0 saturated carbocycles. The number of hydrogen-bond acceptors (Lipinski definition) is 5. The van der Waals surface area contributed by atoms with Gasteiger partial charge in [0.15, 0.2) is 0 Å². The van der Waals surface area contributed by atoms with Gasteiger partial charge in [0.2, 0.25) is 10.0 Å². The molecule has 7 nitrogen and oxygen atoms in total. The van der Waals surface area contributed by atoms with E-state index in [9.17, 15) is 13.2 Å². The predicted molar refractivity (Wildman–Crippen MR) is 93.1 cm³/mol. The number of pyridine rings is 1. The van der Waals surface area contributed by atoms with Crippen molar-refractivity contribution < 1.29 is 13.2 Å². The third-order valence-corrected chi connectivity index (χ3v) is 5.57. The molecule has 0 radical (unpaired) electrons. The lowest BCUT2D eigenvalue weighted by molar-refractivity contribution is 0.102. The fourth-order valence-corrected chi connectivity index (χ4v) is 3.34. The zero-order valence-electron chi connectivity index (χ0n) is 13.7. The van der Waals surface area contributed by atoms with Crippen molar-refractivity contribution in [3.63, 3.8) is 0 Å². The van der Waals surface area contributed by atoms with Crippen molar-refractivity contribution in [3.05, 3.63) is 48.2 Å². The summed E-state index contributed by atoms with van der Waals surface area (Å²) < 4.78 is 26.3. The van der Waals surface area contributed by atoms with Crippen LogP contribution in [0.4, 0.5) is 11.5 Å². The summed E-state index contributed by atoms with van der Waals surface area (Å²) in [6.07, 6.45) is 1.43. The van der Waals surface area contributed by atoms with Crippen LogP contribution in [0.5, 0.6) is 0 Å². The molecule has 3 N–H and O–H groups in total. The molecule has 1 amide bonds. The minimum atomic E-state index is -3.65. The summed E-state index contributed by atoms with van der Waals surface area (Å²) in [4.78, 5) is 16.3. The number of carbonyl (C=O) groups is 1. The van der Waals surface area contributed by atoms with E-state index in [2.05, 4.69) is 10.3 Å². The van der Waals surface area contributed by atoms with E-state index in [1.54, 1.807) is 32.0 Å². The molecule has 0 unspecified atom stereocenters. The van der Waals surface area contributed by atoms with Crippen molar-refractivity contribution in [1.82, 2.24) is 9.29 Å². The first-order chi connectivity index (χ1) is 11.2. The van der Waals surface area contributed by atoms with Crippen LogP contribution in [0.2, 0.25) is 0 Å². The van der Waals surface area contributed by atoms with Crippen LogP contribution < -0.4 is 11.1 Å². The molecule has 1 aromatic carbocycles. The number of nitrogens with one attached hydrogen (secondary N) is 1. The molecule has 0 aliphatic carbocycles. The number of aromatic nitrogens is 1. The van der Waals surface area contributed by atoms with Crippen LogP contribution in [0.3, 0.4) is 0 Å². The van der Waals surface area contributed by atoms with Gasteiger partial charge < -0.3 is 11.1 Å². The standard InChI is InChI=1S/C16H20N4O3S/c1-11(2)20(3)24(22,23)14-6-4-5-12(9-14)16(21)19-13-7-8-15(17)18-10-13/h4-11H,1-3H3,(H2,17,18)(H,19,21). The first kappa shape index (κ1) is 17.9. The Morgan fingerprint density at radius 3 is 2.54 bits per heavy atom. The van der Waals surface area contributed by atoms with Crippen LogP contribution in [0.1, 0.15) is 24.2 Å². The lowest BCUT2D eigenvalue weighted by atomic mass is 10.2. The first-order valence-electron chi connectivity index (χ1n) is 7.33. The Morgan fingerprint density at radius 2 is 1.96 bits per heavy atom. The second kappa shape index (κ2) is 6.98. The van der Waals surface area contributed by atoms with Crippen LogP contribution in [-0.2, 0) is 10.0 Å². The Morgan fingerprint density at radius 1 is 1.25 bits per heavy atom. The third-order valence-electron chi connectivity index (χ3n) is 3.54. The van der Waals surface area contributed by atoms with Gasteiger partial charge in [-0.15, -0.1) is 0 Å². The minimum absolute atomic E-state index is 0.0711. The van der Waals surface area contributed by atoms with Crippen LogP contribution in [0, 0.1) is 0 Å². The lowest BCUT2D eigenvalue weighted by Crippen LogP contribution is -2.33. The van der Waals surface area contributed by atoms with Gasteiger partial charge >= 0.3 is 0 Å². The van der Waals surface area contributed by atoms with E-state index < -0.39 is 15.9 Å². The summed E-state index contributed by atoms with van der Waals surface area (Å²) in [6.45, 7) is 3.56. The molecule has 24 heavy (non-hydrogen) atoms. The van der Waals surface area contributed by atoms with E-state index in [0.717, 1.165) is 0 Å². The Kier molecular flexibility index (Phi) is 5.20. The number of benzene rings is 1. The number of nitrogens with two attached hydrogens (primary N) is 1. The summed E-state index contributed by atoms with van der Waals surface area (Å²) in [7, 11) is -2.14. The average Bonchev–Trinajstić information content (AvgIpc) is 2.56. The molecule has 8 heteroatoms. The maximum atomic E-state index is 12.5. The van der Waals surface area contributed by atoms with E-state index >= 15 is 0 Å². The SMILES string of the molecule is CC(C)N(C)S(=O)(=O)c1cccc(C(=O)Nc2ccc(N)nc2)c1. The summed E-state index contributed by atoms with van der Waals surface area (Å²) in [5.41, 5.74) is 6.21. The van der Waals surface area contributed by atoms with Gasteiger partial charge in [-0.3, -0.25) is 4.79 Å². The highest BCUT2D eigenvalue weighted by Gasteiger charge is 2.23. The molecule has 2 aromatic rings. The Hall–Kier alpha value is -2.45. The number of nitrogens with zero attached hydrogens (tertiary/aromatic N) is 2. The van der Waals surface area contributed by atoms with Crippen molar-refractivity contribution in [2.24, 2.45) is 0 Å². The third kappa shape index (κ3) is 3.90. The van der Waals surface area contributed by atoms with E-state index in [-0.39, 0.29) is 16.5 Å². The molecule has 0 aliphatic heterocycles. The van der Waals surface area contributed by atoms with Crippen LogP contribution in [0.15, 0.2) is 47.5 Å². The van der Waals surface area contributed by atoms with E-state index in [4.69, 9.17) is 5.73 Å². The molecular formula is C16H20N4O3S. The Balaban J connectivity index is 2.27. The lowest BCUT2D eigenvalue weighted by Gasteiger charge is -2.21. The number of rotatable bonds is 5. The van der Waals surface area contributed by atoms with Crippen molar-refractivity contribution >= 4 is 27.4 Å². The smallest absolute Gasteiger partial charge is 0.255 e. The summed E-state index contributed by atoms with van der Waals surface area (Å²) >= 11 is 0. The zero-order valence-corrected chi connectivity index (χ0v) is 14.5. The Labute approximate surface area is 141 Å². The summed E-state index contributed by atoms with van der Waals surface area (Å²) in [5, 5.41) is 2.65. The van der Waals surface area contributed by atoms with Crippen LogP contribution >= 0.6 is 0 Å². The van der Waals surface area contributed by atoms with Gasteiger partial charge in [-0.1, -0.05) is 6.07 Å². The van der Waals surface area contributed by atoms with Gasteiger partial charge in [0, 0.05) is 18.7 Å². The number of anilines is 2. The van der Waals surface area contributed by atoms with E-state index in [1.165, 1.54) is 35.7 Å². The molecule has 0 fully saturated rings. The fraction of sp³-hybridized carbons (Fsp3) is 0.250. The van der Waals surface area contributed by atoms with Gasteiger partial charge in [-0.05, 0) is 44.2 Å². The normalized spacial score (nSPS) is 11.7. The highest BCUT2D eigenvalue weighted by molar-refractivity contribution is 7.89. The van der Waals surface area contributed by atoms with Gasteiger partial charge in [-0.25, -0.2) is 13.4 Å². The summed E-state index contributed by atoms with van der Waals surface area (Å²) in [6, 6.07) is 8.91. The van der Waals surface area contributed by atoms with Crippen molar-refractivity contribution in [2.75, 3.05) is 18.1 Å². The average molecular weight is 348 g/mol. The topological polar surface area (TPSA) is 105 Å². The van der Waals surface area contributed by atoms with Gasteiger partial charge in [0.25, 0.3) is 5.91 Å². The number of sulfonamides is 1. The van der Waals surface area contributed by atoms with Crippen molar-refractivity contribution in [3.8, 4) is 0 Å². The van der Waals surface area contributed by atoms with Crippen LogP contribution in [0.25, 0.3) is 0 Å². The van der Waals surface area contributed by atoms with Crippen molar-refractivity contribution in [1.29, 1.82) is 0 Å². The minimum Gasteiger partial charge on any atom is -0.384 e. The Bertz CT molecular complexity index is 833. The molecule has 1 aromatic heterocycles. The molecule has 0 aliphatic rings. The maximum absolute atomic E-state index is 12.5. The second-order valence-electron chi connectivity index (χ2n) is 5.57. The van der Waals surface area contributed by atoms with Crippen molar-refractivity contribution in [2.45, 2.75) is 24.8 Å². The molecule has 0 saturated heterocycles. The largest absolute Gasteiger partial charge is 0.384 e. The molecule has 0 atom stereocenters. The van der Waals surface area contributed by atoms with Gasteiger partial charge in [0.05, 0.1) is 16.8 Å². The number of hydrogen-bond donors (Lipinski definition) is 2. The molecule has 128 valence electrons. The number of nitrogen functional groups attached to an aromatic ring is 1. The molecule has 0 bridgehead atoms. The molecule has 1 heterocycles. The van der Waals surface area contributed by atoms with Crippen LogP contribution in [-0.4, -0.2) is 36.7 Å². The predicted octanol–water partition coefficient (Wildman–Crippen LogP) is 1.95. The van der Waals surface area contributed by atoms with E-state index in [1.807, 2.05) is 0 Å². The monoisotopic (exact) mass is 348 g/mol. The van der Waals surface area contributed by atoms with Gasteiger partial charge in [-0.2, -0.15) is 4.31 Å². The van der Waals surface area contributed by atoms with Gasteiger partial charge in [0.1, 0.15) is 5.82 Å². The fourth-order valence-electron chi connectivity index (χ4n) is 1.92. The quantitative estimate of drug-likeness (QED) is 0.859. The molecular weight excluding hydrogens is 328 g/mol. The molecule has 2 rings (SSSR count). The van der Waals surface area contributed by atoms with E-state index in [0.29, 0.717) is 11.5 Å². The first-order valence-corrected chi connectivity index (χ1v) is 8.77. The summed E-state index contributed by atoms with van der Waals surface area (Å²) in [5.74, 6) is -0.0800. The molecule has 0 spiro atoms. The number of carbonyl (C=O) groups excluding carboxylic acids is 1. The second-order valence-corrected chi connectivity index (χ2v) is 7.57. The highest BCUT2D eigenvalue weighted by Crippen LogP contribution is 2.18. The highest BCUT2D eigenvalue weighted by atomic mass is 32.2. The zero-order chi connectivity index (χ0) is 17.9. The maximum Gasteiger partial charge on any atom is 0.255 e.